The topological polar surface area (TPSA) is 54.9 Å². The Morgan fingerprint density at radius 1 is 1.47 bits per heavy atom. The van der Waals surface area contributed by atoms with E-state index >= 15 is 0 Å². The fourth-order valence-electron chi connectivity index (χ4n) is 2.63. The number of nitrogens with one attached hydrogen (secondary N) is 1. The third-order valence-corrected chi connectivity index (χ3v) is 4.14. The van der Waals surface area contributed by atoms with Gasteiger partial charge < -0.3 is 5.32 Å². The summed E-state index contributed by atoms with van der Waals surface area (Å²) in [5.41, 5.74) is 2.17. The molecule has 0 saturated heterocycles. The zero-order valence-corrected chi connectivity index (χ0v) is 12.2. The summed E-state index contributed by atoms with van der Waals surface area (Å²) in [6, 6.07) is 2.01. The van der Waals surface area contributed by atoms with Crippen LogP contribution in [0.3, 0.4) is 0 Å². The SMILES string of the molecule is CCc1nnc(C)cc1C(=O)NC1CCCC1CCl. The van der Waals surface area contributed by atoms with Gasteiger partial charge in [-0.05, 0) is 38.2 Å². The zero-order valence-electron chi connectivity index (χ0n) is 11.4. The summed E-state index contributed by atoms with van der Waals surface area (Å²) in [5, 5.41) is 11.2. The minimum Gasteiger partial charge on any atom is -0.349 e. The second-order valence-electron chi connectivity index (χ2n) is 5.12. The van der Waals surface area contributed by atoms with Crippen LogP contribution in [0.4, 0.5) is 0 Å². The molecule has 2 unspecified atom stereocenters. The number of alkyl halides is 1. The molecule has 104 valence electrons. The Kier molecular flexibility index (Phi) is 4.75. The molecule has 1 aromatic heterocycles. The van der Waals surface area contributed by atoms with Gasteiger partial charge >= 0.3 is 0 Å². The molecule has 5 heteroatoms. The van der Waals surface area contributed by atoms with Crippen LogP contribution in [-0.4, -0.2) is 28.0 Å². The Morgan fingerprint density at radius 3 is 2.95 bits per heavy atom. The number of aromatic nitrogens is 2. The van der Waals surface area contributed by atoms with Gasteiger partial charge in [0.15, 0.2) is 0 Å². The maximum atomic E-state index is 12.4. The standard InChI is InChI=1S/C14H20ClN3O/c1-3-12-11(7-9(2)17-18-12)14(19)16-13-6-4-5-10(13)8-15/h7,10,13H,3-6,8H2,1-2H3,(H,16,19). The van der Waals surface area contributed by atoms with E-state index in [1.165, 1.54) is 0 Å². The molecule has 1 aliphatic carbocycles. The van der Waals surface area contributed by atoms with E-state index in [4.69, 9.17) is 11.6 Å². The van der Waals surface area contributed by atoms with E-state index in [-0.39, 0.29) is 11.9 Å². The van der Waals surface area contributed by atoms with Crippen LogP contribution in [0.1, 0.15) is 47.9 Å². The Morgan fingerprint density at radius 2 is 2.26 bits per heavy atom. The Bertz CT molecular complexity index is 464. The van der Waals surface area contributed by atoms with Crippen molar-refractivity contribution in [3.05, 3.63) is 23.0 Å². The molecule has 1 heterocycles. The van der Waals surface area contributed by atoms with Gasteiger partial charge in [0.25, 0.3) is 5.91 Å². The normalized spacial score (nSPS) is 22.5. The lowest BCUT2D eigenvalue weighted by Gasteiger charge is -2.19. The molecule has 0 aliphatic heterocycles. The van der Waals surface area contributed by atoms with Crippen molar-refractivity contribution in [3.63, 3.8) is 0 Å². The predicted molar refractivity (Wildman–Crippen MR) is 75.5 cm³/mol. The first-order valence-electron chi connectivity index (χ1n) is 6.85. The molecule has 4 nitrogen and oxygen atoms in total. The molecule has 0 bridgehead atoms. The van der Waals surface area contributed by atoms with Crippen LogP contribution in [0.2, 0.25) is 0 Å². The van der Waals surface area contributed by atoms with Gasteiger partial charge in [0.05, 0.1) is 17.0 Å². The fourth-order valence-corrected chi connectivity index (χ4v) is 3.00. The number of hydrogen-bond acceptors (Lipinski definition) is 3. The predicted octanol–water partition coefficient (Wildman–Crippen LogP) is 2.48. The second-order valence-corrected chi connectivity index (χ2v) is 5.43. The van der Waals surface area contributed by atoms with Crippen LogP contribution in [0, 0.1) is 12.8 Å². The second kappa shape index (κ2) is 6.33. The van der Waals surface area contributed by atoms with E-state index in [1.54, 1.807) is 0 Å². The summed E-state index contributed by atoms with van der Waals surface area (Å²) < 4.78 is 0. The van der Waals surface area contributed by atoms with Crippen molar-refractivity contribution in [2.75, 3.05) is 5.88 Å². The number of aryl methyl sites for hydroxylation is 2. The molecule has 1 aliphatic rings. The Labute approximate surface area is 118 Å². The number of amides is 1. The quantitative estimate of drug-likeness (QED) is 0.863. The third-order valence-electron chi connectivity index (χ3n) is 3.75. The van der Waals surface area contributed by atoms with Gasteiger partial charge in [-0.2, -0.15) is 10.2 Å². The number of rotatable bonds is 4. The summed E-state index contributed by atoms with van der Waals surface area (Å²) in [7, 11) is 0. The lowest BCUT2D eigenvalue weighted by Crippen LogP contribution is -2.38. The highest BCUT2D eigenvalue weighted by atomic mass is 35.5. The van der Waals surface area contributed by atoms with Gasteiger partial charge in [0.1, 0.15) is 0 Å². The summed E-state index contributed by atoms with van der Waals surface area (Å²) in [5.74, 6) is 0.961. The summed E-state index contributed by atoms with van der Waals surface area (Å²) >= 11 is 5.94. The molecule has 2 atom stereocenters. The lowest BCUT2D eigenvalue weighted by atomic mass is 10.0. The molecular formula is C14H20ClN3O. The van der Waals surface area contributed by atoms with Crippen molar-refractivity contribution < 1.29 is 4.79 Å². The molecule has 0 radical (unpaired) electrons. The van der Waals surface area contributed by atoms with Crippen molar-refractivity contribution in [2.24, 2.45) is 5.92 Å². The van der Waals surface area contributed by atoms with E-state index in [2.05, 4.69) is 15.5 Å². The van der Waals surface area contributed by atoms with Crippen LogP contribution in [0.25, 0.3) is 0 Å². The van der Waals surface area contributed by atoms with Crippen molar-refractivity contribution in [1.29, 1.82) is 0 Å². The van der Waals surface area contributed by atoms with Crippen molar-refractivity contribution >= 4 is 17.5 Å². The number of nitrogens with zero attached hydrogens (tertiary/aromatic N) is 2. The first-order chi connectivity index (χ1) is 9.15. The van der Waals surface area contributed by atoms with E-state index in [0.717, 1.165) is 30.7 Å². The summed E-state index contributed by atoms with van der Waals surface area (Å²) in [6.45, 7) is 3.83. The first kappa shape index (κ1) is 14.3. The number of hydrogen-bond donors (Lipinski definition) is 1. The average Bonchev–Trinajstić information content (AvgIpc) is 2.85. The molecule has 2 rings (SSSR count). The van der Waals surface area contributed by atoms with E-state index in [1.807, 2.05) is 19.9 Å². The minimum atomic E-state index is -0.0446. The fraction of sp³-hybridized carbons (Fsp3) is 0.643. The van der Waals surface area contributed by atoms with Crippen LogP contribution in [0.15, 0.2) is 6.07 Å². The van der Waals surface area contributed by atoms with E-state index in [9.17, 15) is 4.79 Å². The molecule has 1 fully saturated rings. The molecule has 1 aromatic rings. The molecule has 1 saturated carbocycles. The largest absolute Gasteiger partial charge is 0.349 e. The van der Waals surface area contributed by atoms with Crippen LogP contribution in [0.5, 0.6) is 0 Å². The van der Waals surface area contributed by atoms with Crippen molar-refractivity contribution in [2.45, 2.75) is 45.6 Å². The first-order valence-corrected chi connectivity index (χ1v) is 7.39. The van der Waals surface area contributed by atoms with Crippen LogP contribution in [-0.2, 0) is 6.42 Å². The highest BCUT2D eigenvalue weighted by molar-refractivity contribution is 6.18. The number of halogens is 1. The maximum Gasteiger partial charge on any atom is 0.253 e. The third kappa shape index (κ3) is 3.24. The zero-order chi connectivity index (χ0) is 13.8. The van der Waals surface area contributed by atoms with Gasteiger partial charge in [-0.25, -0.2) is 0 Å². The van der Waals surface area contributed by atoms with E-state index < -0.39 is 0 Å². The van der Waals surface area contributed by atoms with E-state index in [0.29, 0.717) is 23.8 Å². The van der Waals surface area contributed by atoms with Crippen LogP contribution < -0.4 is 5.32 Å². The van der Waals surface area contributed by atoms with Gasteiger partial charge in [0.2, 0.25) is 0 Å². The van der Waals surface area contributed by atoms with Crippen LogP contribution >= 0.6 is 11.6 Å². The maximum absolute atomic E-state index is 12.4. The van der Waals surface area contributed by atoms with Gasteiger partial charge in [0, 0.05) is 11.9 Å². The van der Waals surface area contributed by atoms with Gasteiger partial charge in [-0.1, -0.05) is 13.3 Å². The molecule has 0 aromatic carbocycles. The number of carbonyl (C=O) groups excluding carboxylic acids is 1. The molecule has 1 N–H and O–H groups in total. The Hall–Kier alpha value is -1.16. The Balaban J connectivity index is 2.13. The molecule has 1 amide bonds. The molecular weight excluding hydrogens is 262 g/mol. The highest BCUT2D eigenvalue weighted by Crippen LogP contribution is 2.27. The molecule has 19 heavy (non-hydrogen) atoms. The minimum absolute atomic E-state index is 0.0446. The van der Waals surface area contributed by atoms with Gasteiger partial charge in [-0.15, -0.1) is 11.6 Å². The average molecular weight is 282 g/mol. The van der Waals surface area contributed by atoms with Crippen molar-refractivity contribution in [1.82, 2.24) is 15.5 Å². The lowest BCUT2D eigenvalue weighted by molar-refractivity contribution is 0.0928. The summed E-state index contributed by atoms with van der Waals surface area (Å²) in [6.07, 6.45) is 3.96. The highest BCUT2D eigenvalue weighted by Gasteiger charge is 2.28. The van der Waals surface area contributed by atoms with Gasteiger partial charge in [-0.3, -0.25) is 4.79 Å². The monoisotopic (exact) mass is 281 g/mol. The summed E-state index contributed by atoms with van der Waals surface area (Å²) in [4.78, 5) is 12.4. The van der Waals surface area contributed by atoms with Crippen molar-refractivity contribution in [3.8, 4) is 0 Å². The molecule has 0 spiro atoms. The smallest absolute Gasteiger partial charge is 0.253 e. The number of carbonyl (C=O) groups is 1.